The van der Waals surface area contributed by atoms with Gasteiger partial charge >= 0.3 is 8.80 Å². The Hall–Kier alpha value is -0.423. The molecule has 0 saturated heterocycles. The Morgan fingerprint density at radius 2 is 1.50 bits per heavy atom. The Kier molecular flexibility index (Phi) is 6.74. The lowest BCUT2D eigenvalue weighted by Crippen LogP contribution is -2.42. The van der Waals surface area contributed by atoms with Gasteiger partial charge in [0, 0.05) is 27.4 Å². The minimum absolute atomic E-state index is 0.294. The normalized spacial score (nSPS) is 11.7. The summed E-state index contributed by atoms with van der Waals surface area (Å²) >= 11 is 0. The van der Waals surface area contributed by atoms with E-state index in [9.17, 15) is 0 Å². The second-order valence-electron chi connectivity index (χ2n) is 2.97. The first-order valence-corrected chi connectivity index (χ1v) is 6.51. The van der Waals surface area contributed by atoms with Gasteiger partial charge in [-0.15, -0.1) is 13.2 Å². The highest BCUT2D eigenvalue weighted by molar-refractivity contribution is 6.60. The first-order chi connectivity index (χ1) is 6.67. The molecule has 0 aromatic rings. The first kappa shape index (κ1) is 13.6. The third-order valence-corrected chi connectivity index (χ3v) is 5.09. The lowest BCUT2D eigenvalue weighted by Gasteiger charge is -2.25. The predicted molar refractivity (Wildman–Crippen MR) is 60.1 cm³/mol. The van der Waals surface area contributed by atoms with Crippen LogP contribution in [0.3, 0.4) is 0 Å². The van der Waals surface area contributed by atoms with Crippen LogP contribution in [0.5, 0.6) is 0 Å². The van der Waals surface area contributed by atoms with Crippen LogP contribution < -0.4 is 0 Å². The van der Waals surface area contributed by atoms with Crippen LogP contribution in [-0.2, 0) is 13.3 Å². The van der Waals surface area contributed by atoms with Crippen molar-refractivity contribution >= 4 is 8.80 Å². The summed E-state index contributed by atoms with van der Waals surface area (Å²) in [5.74, 6) is 0.294. The third kappa shape index (κ3) is 3.75. The van der Waals surface area contributed by atoms with Crippen molar-refractivity contribution in [2.24, 2.45) is 5.92 Å². The van der Waals surface area contributed by atoms with E-state index >= 15 is 0 Å². The van der Waals surface area contributed by atoms with Crippen LogP contribution in [0, 0.1) is 5.92 Å². The molecule has 4 heteroatoms. The summed E-state index contributed by atoms with van der Waals surface area (Å²) in [6.07, 6.45) is 4.63. The van der Waals surface area contributed by atoms with Crippen molar-refractivity contribution in [2.45, 2.75) is 12.5 Å². The van der Waals surface area contributed by atoms with Gasteiger partial charge in [0.15, 0.2) is 0 Å². The van der Waals surface area contributed by atoms with Crippen molar-refractivity contribution in [3.63, 3.8) is 0 Å². The minimum atomic E-state index is -2.41. The molecule has 0 aliphatic carbocycles. The van der Waals surface area contributed by atoms with Crippen molar-refractivity contribution in [1.29, 1.82) is 0 Å². The molecule has 0 fully saturated rings. The molecule has 3 nitrogen and oxygen atoms in total. The number of hydrogen-bond donors (Lipinski definition) is 0. The van der Waals surface area contributed by atoms with Crippen LogP contribution in [0.15, 0.2) is 25.3 Å². The Labute approximate surface area is 87.7 Å². The lowest BCUT2D eigenvalue weighted by atomic mass is 10.1. The molecule has 0 rings (SSSR count). The van der Waals surface area contributed by atoms with E-state index in [1.54, 1.807) is 21.3 Å². The molecule has 0 amide bonds. The van der Waals surface area contributed by atoms with E-state index in [0.717, 1.165) is 12.5 Å². The van der Waals surface area contributed by atoms with Gasteiger partial charge in [-0.25, -0.2) is 0 Å². The van der Waals surface area contributed by atoms with Gasteiger partial charge in [-0.05, 0) is 12.3 Å². The monoisotopic (exact) mass is 216 g/mol. The van der Waals surface area contributed by atoms with Crippen molar-refractivity contribution in [2.75, 3.05) is 21.3 Å². The SMILES string of the molecule is C=CC(C=C)CC[Si](OC)(OC)OC. The average molecular weight is 216 g/mol. The smallest absolute Gasteiger partial charge is 0.377 e. The zero-order valence-corrected chi connectivity index (χ0v) is 10.3. The zero-order valence-electron chi connectivity index (χ0n) is 9.29. The largest absolute Gasteiger partial charge is 0.500 e. The molecule has 0 aliphatic rings. The molecule has 0 radical (unpaired) electrons. The molecule has 14 heavy (non-hydrogen) atoms. The Balaban J connectivity index is 4.16. The fourth-order valence-electron chi connectivity index (χ4n) is 1.23. The van der Waals surface area contributed by atoms with Crippen LogP contribution in [-0.4, -0.2) is 30.1 Å². The van der Waals surface area contributed by atoms with Crippen LogP contribution >= 0.6 is 0 Å². The topological polar surface area (TPSA) is 27.7 Å². The Bertz CT molecular complexity index is 162. The summed E-state index contributed by atoms with van der Waals surface area (Å²) in [6, 6.07) is 0.777. The van der Waals surface area contributed by atoms with Gasteiger partial charge in [0.05, 0.1) is 0 Å². The van der Waals surface area contributed by atoms with Crippen LogP contribution in [0.25, 0.3) is 0 Å². The van der Waals surface area contributed by atoms with Gasteiger partial charge in [-0.1, -0.05) is 12.2 Å². The van der Waals surface area contributed by atoms with Gasteiger partial charge in [0.25, 0.3) is 0 Å². The first-order valence-electron chi connectivity index (χ1n) is 4.58. The fourth-order valence-corrected chi connectivity index (χ4v) is 3.03. The number of allylic oxidation sites excluding steroid dienone is 2. The fraction of sp³-hybridized carbons (Fsp3) is 0.600. The van der Waals surface area contributed by atoms with E-state index in [4.69, 9.17) is 13.3 Å². The van der Waals surface area contributed by atoms with Crippen molar-refractivity contribution < 1.29 is 13.3 Å². The molecule has 0 aliphatic heterocycles. The molecule has 0 atom stereocenters. The maximum absolute atomic E-state index is 5.30. The standard InChI is InChI=1S/C10H20O3Si/c1-6-10(7-2)8-9-14(11-3,12-4)13-5/h6-7,10H,1-2,8-9H2,3-5H3. The maximum atomic E-state index is 5.30. The van der Waals surface area contributed by atoms with E-state index in [1.165, 1.54) is 0 Å². The molecule has 0 aromatic heterocycles. The second-order valence-corrected chi connectivity index (χ2v) is 6.06. The summed E-state index contributed by atoms with van der Waals surface area (Å²) in [4.78, 5) is 0. The molecule has 0 unspecified atom stereocenters. The highest BCUT2D eigenvalue weighted by Gasteiger charge is 2.37. The van der Waals surface area contributed by atoms with Crippen LogP contribution in [0.1, 0.15) is 6.42 Å². The summed E-state index contributed by atoms with van der Waals surface area (Å²) in [5.41, 5.74) is 0. The average Bonchev–Trinajstić information content (AvgIpc) is 2.26. The van der Waals surface area contributed by atoms with E-state index < -0.39 is 8.80 Å². The van der Waals surface area contributed by atoms with E-state index in [2.05, 4.69) is 13.2 Å². The van der Waals surface area contributed by atoms with E-state index in [1.807, 2.05) is 12.2 Å². The van der Waals surface area contributed by atoms with Crippen LogP contribution in [0.4, 0.5) is 0 Å². The minimum Gasteiger partial charge on any atom is -0.377 e. The van der Waals surface area contributed by atoms with Gasteiger partial charge < -0.3 is 13.3 Å². The quantitative estimate of drug-likeness (QED) is 0.460. The summed E-state index contributed by atoms with van der Waals surface area (Å²) in [5, 5.41) is 0. The summed E-state index contributed by atoms with van der Waals surface area (Å²) in [6.45, 7) is 7.46. The number of hydrogen-bond acceptors (Lipinski definition) is 3. The third-order valence-electron chi connectivity index (χ3n) is 2.32. The highest BCUT2D eigenvalue weighted by Crippen LogP contribution is 2.19. The Morgan fingerprint density at radius 1 is 1.07 bits per heavy atom. The molecule has 82 valence electrons. The van der Waals surface area contributed by atoms with Gasteiger partial charge in [-0.2, -0.15) is 0 Å². The van der Waals surface area contributed by atoms with E-state index in [-0.39, 0.29) is 0 Å². The number of rotatable bonds is 8. The van der Waals surface area contributed by atoms with Crippen LogP contribution in [0.2, 0.25) is 6.04 Å². The summed E-state index contributed by atoms with van der Waals surface area (Å²) in [7, 11) is 2.45. The van der Waals surface area contributed by atoms with Gasteiger partial charge in [-0.3, -0.25) is 0 Å². The zero-order chi connectivity index (χ0) is 11.0. The van der Waals surface area contributed by atoms with Gasteiger partial charge in [0.2, 0.25) is 0 Å². The molecule has 0 aromatic carbocycles. The molecule has 0 N–H and O–H groups in total. The molecular weight excluding hydrogens is 196 g/mol. The molecular formula is C10H20O3Si. The van der Waals surface area contributed by atoms with Gasteiger partial charge in [0.1, 0.15) is 0 Å². The summed E-state index contributed by atoms with van der Waals surface area (Å²) < 4.78 is 15.9. The molecule has 0 heterocycles. The lowest BCUT2D eigenvalue weighted by molar-refractivity contribution is 0.122. The molecule has 0 bridgehead atoms. The van der Waals surface area contributed by atoms with E-state index in [0.29, 0.717) is 5.92 Å². The van der Waals surface area contributed by atoms with Crippen molar-refractivity contribution in [3.05, 3.63) is 25.3 Å². The van der Waals surface area contributed by atoms with Crippen molar-refractivity contribution in [3.8, 4) is 0 Å². The maximum Gasteiger partial charge on any atom is 0.500 e. The molecule has 0 spiro atoms. The Morgan fingerprint density at radius 3 is 1.79 bits per heavy atom. The highest BCUT2D eigenvalue weighted by atomic mass is 28.4. The van der Waals surface area contributed by atoms with Crippen molar-refractivity contribution in [1.82, 2.24) is 0 Å². The predicted octanol–water partition coefficient (Wildman–Crippen LogP) is 2.24. The molecule has 0 saturated carbocycles. The second kappa shape index (κ2) is 6.95.